The normalized spacial score (nSPS) is 19.6. The molecule has 0 amide bonds. The molecule has 0 heterocycles. The van der Waals surface area contributed by atoms with E-state index in [9.17, 15) is 5.11 Å². The zero-order chi connectivity index (χ0) is 10.0. The van der Waals surface area contributed by atoms with Crippen molar-refractivity contribution < 1.29 is 9.84 Å². The van der Waals surface area contributed by atoms with Gasteiger partial charge in [0.1, 0.15) is 5.75 Å². The monoisotopic (exact) mass is 192 g/mol. The van der Waals surface area contributed by atoms with Gasteiger partial charge in [-0.3, -0.25) is 0 Å². The number of rotatable bonds is 2. The molecule has 0 atom stereocenters. The summed E-state index contributed by atoms with van der Waals surface area (Å²) in [5.74, 6) is 0.822. The van der Waals surface area contributed by atoms with Gasteiger partial charge in [-0.05, 0) is 30.5 Å². The van der Waals surface area contributed by atoms with Crippen molar-refractivity contribution in [3.63, 3.8) is 0 Å². The van der Waals surface area contributed by atoms with Crippen LogP contribution in [0.4, 0.5) is 0 Å². The highest BCUT2D eigenvalue weighted by Crippen LogP contribution is 2.39. The molecule has 1 aromatic carbocycles. The first kappa shape index (κ1) is 9.53. The molecule has 0 spiro atoms. The second kappa shape index (κ2) is 3.62. The smallest absolute Gasteiger partial charge is 0.119 e. The number of ether oxygens (including phenoxy) is 1. The van der Waals surface area contributed by atoms with E-state index in [1.807, 2.05) is 24.3 Å². The Morgan fingerprint density at radius 2 is 2.00 bits per heavy atom. The van der Waals surface area contributed by atoms with E-state index in [0.29, 0.717) is 0 Å². The molecule has 0 unspecified atom stereocenters. The van der Waals surface area contributed by atoms with Crippen LogP contribution in [0.5, 0.6) is 5.75 Å². The van der Waals surface area contributed by atoms with E-state index in [0.717, 1.165) is 37.0 Å². The number of hydrogen-bond donors (Lipinski definition) is 1. The van der Waals surface area contributed by atoms with Crippen LogP contribution in [0.1, 0.15) is 31.2 Å². The van der Waals surface area contributed by atoms with Crippen molar-refractivity contribution in [3.05, 3.63) is 29.8 Å². The third kappa shape index (κ3) is 1.62. The molecule has 1 N–H and O–H groups in total. The Morgan fingerprint density at radius 3 is 2.64 bits per heavy atom. The van der Waals surface area contributed by atoms with Crippen LogP contribution in [0, 0.1) is 0 Å². The second-order valence-corrected chi connectivity index (χ2v) is 3.97. The predicted molar refractivity (Wildman–Crippen MR) is 55.4 cm³/mol. The first-order chi connectivity index (χ1) is 6.74. The highest BCUT2D eigenvalue weighted by atomic mass is 16.5. The van der Waals surface area contributed by atoms with Crippen molar-refractivity contribution in [2.75, 3.05) is 7.11 Å². The summed E-state index contributed by atoms with van der Waals surface area (Å²) >= 11 is 0. The molecule has 0 bridgehead atoms. The van der Waals surface area contributed by atoms with Gasteiger partial charge in [0.05, 0.1) is 12.7 Å². The second-order valence-electron chi connectivity index (χ2n) is 3.97. The van der Waals surface area contributed by atoms with Gasteiger partial charge in [-0.2, -0.15) is 0 Å². The first-order valence-corrected chi connectivity index (χ1v) is 5.11. The van der Waals surface area contributed by atoms with Crippen LogP contribution in [0.25, 0.3) is 0 Å². The largest absolute Gasteiger partial charge is 0.497 e. The summed E-state index contributed by atoms with van der Waals surface area (Å²) in [5.41, 5.74) is 0.392. The average Bonchev–Trinajstić information content (AvgIpc) is 2.67. The molecular formula is C12H16O2. The van der Waals surface area contributed by atoms with E-state index in [1.165, 1.54) is 0 Å². The minimum atomic E-state index is -0.603. The van der Waals surface area contributed by atoms with E-state index in [1.54, 1.807) is 7.11 Å². The molecule has 76 valence electrons. The molecule has 2 heteroatoms. The fourth-order valence-electron chi connectivity index (χ4n) is 2.16. The van der Waals surface area contributed by atoms with Gasteiger partial charge in [0.15, 0.2) is 0 Å². The lowest BCUT2D eigenvalue weighted by molar-refractivity contribution is 0.0442. The van der Waals surface area contributed by atoms with Crippen LogP contribution < -0.4 is 4.74 Å². The Balaban J connectivity index is 2.30. The molecule has 1 fully saturated rings. The molecule has 1 saturated carbocycles. The summed E-state index contributed by atoms with van der Waals surface area (Å²) in [5, 5.41) is 10.3. The molecule has 14 heavy (non-hydrogen) atoms. The van der Waals surface area contributed by atoms with E-state index < -0.39 is 5.60 Å². The molecule has 0 aromatic heterocycles. The number of aliphatic hydroxyl groups is 1. The molecule has 1 aliphatic carbocycles. The van der Waals surface area contributed by atoms with E-state index >= 15 is 0 Å². The zero-order valence-corrected chi connectivity index (χ0v) is 8.49. The highest BCUT2D eigenvalue weighted by Gasteiger charge is 2.32. The summed E-state index contributed by atoms with van der Waals surface area (Å²) in [4.78, 5) is 0. The maximum Gasteiger partial charge on any atom is 0.119 e. The van der Waals surface area contributed by atoms with Crippen LogP contribution >= 0.6 is 0 Å². The molecule has 2 nitrogen and oxygen atoms in total. The molecule has 1 aliphatic rings. The van der Waals surface area contributed by atoms with Crippen molar-refractivity contribution in [3.8, 4) is 5.75 Å². The topological polar surface area (TPSA) is 29.5 Å². The average molecular weight is 192 g/mol. The van der Waals surface area contributed by atoms with Gasteiger partial charge in [-0.1, -0.05) is 25.0 Å². The van der Waals surface area contributed by atoms with Crippen molar-refractivity contribution in [2.24, 2.45) is 0 Å². The van der Waals surface area contributed by atoms with Crippen LogP contribution in [-0.4, -0.2) is 12.2 Å². The lowest BCUT2D eigenvalue weighted by atomic mass is 9.92. The van der Waals surface area contributed by atoms with Gasteiger partial charge >= 0.3 is 0 Å². The number of methoxy groups -OCH3 is 1. The lowest BCUT2D eigenvalue weighted by Crippen LogP contribution is -2.20. The minimum Gasteiger partial charge on any atom is -0.497 e. The molecule has 1 aromatic rings. The van der Waals surface area contributed by atoms with Gasteiger partial charge in [0.2, 0.25) is 0 Å². The zero-order valence-electron chi connectivity index (χ0n) is 8.49. The Hall–Kier alpha value is -1.02. The quantitative estimate of drug-likeness (QED) is 0.780. The van der Waals surface area contributed by atoms with Crippen LogP contribution in [0.2, 0.25) is 0 Å². The number of hydrogen-bond acceptors (Lipinski definition) is 2. The van der Waals surface area contributed by atoms with Crippen molar-refractivity contribution in [1.82, 2.24) is 0 Å². The Kier molecular flexibility index (Phi) is 2.46. The van der Waals surface area contributed by atoms with Crippen molar-refractivity contribution in [2.45, 2.75) is 31.3 Å². The third-order valence-electron chi connectivity index (χ3n) is 3.04. The van der Waals surface area contributed by atoms with E-state index in [-0.39, 0.29) is 0 Å². The van der Waals surface area contributed by atoms with E-state index in [2.05, 4.69) is 0 Å². The lowest BCUT2D eigenvalue weighted by Gasteiger charge is -2.22. The maximum absolute atomic E-state index is 10.3. The summed E-state index contributed by atoms with van der Waals surface area (Å²) < 4.78 is 5.15. The summed E-state index contributed by atoms with van der Waals surface area (Å²) in [6.07, 6.45) is 3.99. The van der Waals surface area contributed by atoms with Crippen LogP contribution in [-0.2, 0) is 5.60 Å². The van der Waals surface area contributed by atoms with Crippen molar-refractivity contribution in [1.29, 1.82) is 0 Å². The highest BCUT2D eigenvalue weighted by molar-refractivity contribution is 5.32. The SMILES string of the molecule is COc1cccc(C2(O)CCCC2)c1. The summed E-state index contributed by atoms with van der Waals surface area (Å²) in [6, 6.07) is 7.76. The van der Waals surface area contributed by atoms with E-state index in [4.69, 9.17) is 4.74 Å². The number of benzene rings is 1. The Bertz CT molecular complexity index is 314. The third-order valence-corrected chi connectivity index (χ3v) is 3.04. The van der Waals surface area contributed by atoms with Gasteiger partial charge < -0.3 is 9.84 Å². The van der Waals surface area contributed by atoms with Gasteiger partial charge in [0, 0.05) is 0 Å². The molecular weight excluding hydrogens is 176 g/mol. The fourth-order valence-corrected chi connectivity index (χ4v) is 2.16. The first-order valence-electron chi connectivity index (χ1n) is 5.11. The standard InChI is InChI=1S/C12H16O2/c1-14-11-6-4-5-10(9-11)12(13)7-2-3-8-12/h4-6,9,13H,2-3,7-8H2,1H3. The predicted octanol–water partition coefficient (Wildman–Crippen LogP) is 2.46. The molecule has 0 aliphatic heterocycles. The molecule has 0 saturated heterocycles. The Morgan fingerprint density at radius 1 is 1.29 bits per heavy atom. The fraction of sp³-hybridized carbons (Fsp3) is 0.500. The van der Waals surface area contributed by atoms with Gasteiger partial charge in [0.25, 0.3) is 0 Å². The van der Waals surface area contributed by atoms with Crippen molar-refractivity contribution >= 4 is 0 Å². The van der Waals surface area contributed by atoms with Crippen LogP contribution in [0.15, 0.2) is 24.3 Å². The maximum atomic E-state index is 10.3. The molecule has 0 radical (unpaired) electrons. The molecule has 2 rings (SSSR count). The minimum absolute atomic E-state index is 0.603. The summed E-state index contributed by atoms with van der Waals surface area (Å²) in [7, 11) is 1.65. The Labute approximate surface area is 84.5 Å². The van der Waals surface area contributed by atoms with Gasteiger partial charge in [-0.15, -0.1) is 0 Å². The van der Waals surface area contributed by atoms with Crippen LogP contribution in [0.3, 0.4) is 0 Å². The summed E-state index contributed by atoms with van der Waals surface area (Å²) in [6.45, 7) is 0. The van der Waals surface area contributed by atoms with Gasteiger partial charge in [-0.25, -0.2) is 0 Å².